The van der Waals surface area contributed by atoms with Gasteiger partial charge in [-0.15, -0.1) is 0 Å². The van der Waals surface area contributed by atoms with Crippen molar-refractivity contribution in [3.8, 4) is 11.5 Å². The summed E-state index contributed by atoms with van der Waals surface area (Å²) < 4.78 is 10.5. The van der Waals surface area contributed by atoms with Gasteiger partial charge in [0.05, 0.1) is 14.2 Å². The van der Waals surface area contributed by atoms with Crippen LogP contribution in [-0.2, 0) is 4.79 Å². The van der Waals surface area contributed by atoms with Crippen molar-refractivity contribution < 1.29 is 14.3 Å². The van der Waals surface area contributed by atoms with Crippen LogP contribution in [0, 0.1) is 0 Å². The van der Waals surface area contributed by atoms with E-state index in [9.17, 15) is 4.79 Å². The van der Waals surface area contributed by atoms with Crippen LogP contribution in [0.4, 0.5) is 0 Å². The summed E-state index contributed by atoms with van der Waals surface area (Å²) in [6, 6.07) is 5.86. The molecule has 114 valence electrons. The van der Waals surface area contributed by atoms with Crippen LogP contribution in [0.25, 0.3) is 6.08 Å². The first-order chi connectivity index (χ1) is 10.2. The molecule has 0 radical (unpaired) electrons. The fraction of sp³-hybridized carbons (Fsp3) is 0.471. The van der Waals surface area contributed by atoms with Crippen LogP contribution in [-0.4, -0.2) is 37.6 Å². The molecule has 21 heavy (non-hydrogen) atoms. The molecular weight excluding hydrogens is 266 g/mol. The van der Waals surface area contributed by atoms with Crippen LogP contribution >= 0.6 is 0 Å². The second-order valence-electron chi connectivity index (χ2n) is 5.32. The summed E-state index contributed by atoms with van der Waals surface area (Å²) in [4.78, 5) is 14.2. The van der Waals surface area contributed by atoms with E-state index in [2.05, 4.69) is 6.92 Å². The number of carbonyl (C=O) groups is 1. The number of methoxy groups -OCH3 is 2. The van der Waals surface area contributed by atoms with Gasteiger partial charge in [-0.3, -0.25) is 4.79 Å². The Bertz CT molecular complexity index is 525. The van der Waals surface area contributed by atoms with E-state index in [1.165, 1.54) is 6.42 Å². The summed E-state index contributed by atoms with van der Waals surface area (Å²) >= 11 is 0. The molecule has 0 aliphatic carbocycles. The lowest BCUT2D eigenvalue weighted by Crippen LogP contribution is -2.41. The summed E-state index contributed by atoms with van der Waals surface area (Å²) in [6.07, 6.45) is 6.80. The second-order valence-corrected chi connectivity index (χ2v) is 5.32. The number of ether oxygens (including phenoxy) is 2. The smallest absolute Gasteiger partial charge is 0.246 e. The van der Waals surface area contributed by atoms with Crippen LogP contribution in [0.15, 0.2) is 24.3 Å². The fourth-order valence-corrected chi connectivity index (χ4v) is 2.65. The molecule has 1 aliphatic rings. The molecule has 1 fully saturated rings. The van der Waals surface area contributed by atoms with E-state index < -0.39 is 0 Å². The van der Waals surface area contributed by atoms with Crippen molar-refractivity contribution in [1.82, 2.24) is 4.90 Å². The zero-order chi connectivity index (χ0) is 15.2. The van der Waals surface area contributed by atoms with Crippen LogP contribution in [0.2, 0.25) is 0 Å². The zero-order valence-corrected chi connectivity index (χ0v) is 13.0. The Morgan fingerprint density at radius 1 is 1.29 bits per heavy atom. The average Bonchev–Trinajstić information content (AvgIpc) is 2.52. The summed E-state index contributed by atoms with van der Waals surface area (Å²) in [6.45, 7) is 2.95. The number of likely N-dealkylation sites (tertiary alicyclic amines) is 1. The Balaban J connectivity index is 2.14. The molecule has 1 aliphatic heterocycles. The number of nitrogens with zero attached hydrogens (tertiary/aromatic N) is 1. The van der Waals surface area contributed by atoms with Crippen molar-refractivity contribution in [3.05, 3.63) is 29.8 Å². The van der Waals surface area contributed by atoms with E-state index in [4.69, 9.17) is 9.47 Å². The van der Waals surface area contributed by atoms with Gasteiger partial charge in [0.25, 0.3) is 0 Å². The van der Waals surface area contributed by atoms with E-state index in [0.29, 0.717) is 6.04 Å². The van der Waals surface area contributed by atoms with Gasteiger partial charge in [0, 0.05) is 24.2 Å². The molecular formula is C17H23NO3. The quantitative estimate of drug-likeness (QED) is 0.799. The maximum atomic E-state index is 12.3. The molecule has 1 saturated heterocycles. The summed E-state index contributed by atoms with van der Waals surface area (Å²) in [5.74, 6) is 1.54. The topological polar surface area (TPSA) is 38.8 Å². The Morgan fingerprint density at radius 2 is 2.10 bits per heavy atom. The van der Waals surface area contributed by atoms with Crippen LogP contribution < -0.4 is 9.47 Å². The zero-order valence-electron chi connectivity index (χ0n) is 13.0. The van der Waals surface area contributed by atoms with Gasteiger partial charge in [-0.1, -0.05) is 0 Å². The third kappa shape index (κ3) is 3.78. The molecule has 0 saturated carbocycles. The molecule has 1 aromatic carbocycles. The number of benzene rings is 1. The minimum absolute atomic E-state index is 0.0621. The Hall–Kier alpha value is -1.97. The van der Waals surface area contributed by atoms with Crippen LogP contribution in [0.1, 0.15) is 31.7 Å². The van der Waals surface area contributed by atoms with Gasteiger partial charge in [-0.05, 0) is 50.5 Å². The molecule has 0 bridgehead atoms. The molecule has 4 heteroatoms. The molecule has 1 aromatic rings. The standard InChI is InChI=1S/C17H23NO3/c1-13-6-4-5-11-18(13)17(19)10-7-14-12-15(20-2)8-9-16(14)21-3/h7-10,12-13H,4-6,11H2,1-3H3/b10-7+/t13-/m0/s1. The Kier molecular flexibility index (Phi) is 5.26. The molecule has 1 heterocycles. The number of hydrogen-bond donors (Lipinski definition) is 0. The summed E-state index contributed by atoms with van der Waals surface area (Å²) in [7, 11) is 3.24. The highest BCUT2D eigenvalue weighted by molar-refractivity contribution is 5.92. The second kappa shape index (κ2) is 7.16. The Labute approximate surface area is 126 Å². The molecule has 0 N–H and O–H groups in total. The van der Waals surface area contributed by atoms with Crippen LogP contribution in [0.5, 0.6) is 11.5 Å². The third-order valence-electron chi connectivity index (χ3n) is 3.93. The number of carbonyl (C=O) groups excluding carboxylic acids is 1. The third-order valence-corrected chi connectivity index (χ3v) is 3.93. The first-order valence-electron chi connectivity index (χ1n) is 7.36. The molecule has 4 nitrogen and oxygen atoms in total. The van der Waals surface area contributed by atoms with Gasteiger partial charge < -0.3 is 14.4 Å². The molecule has 1 atom stereocenters. The van der Waals surface area contributed by atoms with E-state index in [1.807, 2.05) is 23.1 Å². The largest absolute Gasteiger partial charge is 0.497 e. The lowest BCUT2D eigenvalue weighted by Gasteiger charge is -2.32. The average molecular weight is 289 g/mol. The highest BCUT2D eigenvalue weighted by Gasteiger charge is 2.21. The van der Waals surface area contributed by atoms with Crippen molar-refractivity contribution in [1.29, 1.82) is 0 Å². The van der Waals surface area contributed by atoms with Crippen molar-refractivity contribution >= 4 is 12.0 Å². The minimum Gasteiger partial charge on any atom is -0.497 e. The summed E-state index contributed by atoms with van der Waals surface area (Å²) in [5, 5.41) is 0. The normalized spacial score (nSPS) is 18.8. The van der Waals surface area contributed by atoms with E-state index in [0.717, 1.165) is 36.4 Å². The van der Waals surface area contributed by atoms with Gasteiger partial charge in [-0.2, -0.15) is 0 Å². The van der Waals surface area contributed by atoms with Crippen molar-refractivity contribution in [2.75, 3.05) is 20.8 Å². The number of hydrogen-bond acceptors (Lipinski definition) is 3. The van der Waals surface area contributed by atoms with Gasteiger partial charge in [0.1, 0.15) is 11.5 Å². The molecule has 2 rings (SSSR count). The van der Waals surface area contributed by atoms with E-state index in [1.54, 1.807) is 26.4 Å². The van der Waals surface area contributed by atoms with Crippen molar-refractivity contribution in [3.63, 3.8) is 0 Å². The van der Waals surface area contributed by atoms with Gasteiger partial charge in [0.15, 0.2) is 0 Å². The summed E-state index contributed by atoms with van der Waals surface area (Å²) in [5.41, 5.74) is 0.842. The monoisotopic (exact) mass is 289 g/mol. The van der Waals surface area contributed by atoms with Gasteiger partial charge in [0.2, 0.25) is 5.91 Å². The fourth-order valence-electron chi connectivity index (χ4n) is 2.65. The van der Waals surface area contributed by atoms with E-state index in [-0.39, 0.29) is 5.91 Å². The first kappa shape index (κ1) is 15.4. The highest BCUT2D eigenvalue weighted by atomic mass is 16.5. The lowest BCUT2D eigenvalue weighted by atomic mass is 10.0. The molecule has 0 unspecified atom stereocenters. The molecule has 1 amide bonds. The number of rotatable bonds is 4. The predicted octanol–water partition coefficient (Wildman–Crippen LogP) is 3.12. The molecule has 0 spiro atoms. The number of piperidine rings is 1. The number of amides is 1. The minimum atomic E-state index is 0.0621. The van der Waals surface area contributed by atoms with Crippen molar-refractivity contribution in [2.24, 2.45) is 0 Å². The molecule has 0 aromatic heterocycles. The predicted molar refractivity (Wildman–Crippen MR) is 83.6 cm³/mol. The van der Waals surface area contributed by atoms with Crippen LogP contribution in [0.3, 0.4) is 0 Å². The maximum Gasteiger partial charge on any atom is 0.246 e. The van der Waals surface area contributed by atoms with Crippen molar-refractivity contribution in [2.45, 2.75) is 32.2 Å². The van der Waals surface area contributed by atoms with Gasteiger partial charge >= 0.3 is 0 Å². The van der Waals surface area contributed by atoms with Gasteiger partial charge in [-0.25, -0.2) is 0 Å². The lowest BCUT2D eigenvalue weighted by molar-refractivity contribution is -0.129. The first-order valence-corrected chi connectivity index (χ1v) is 7.36. The Morgan fingerprint density at radius 3 is 2.76 bits per heavy atom. The van der Waals surface area contributed by atoms with E-state index >= 15 is 0 Å². The maximum absolute atomic E-state index is 12.3. The highest BCUT2D eigenvalue weighted by Crippen LogP contribution is 2.25. The SMILES string of the molecule is COc1ccc(OC)c(/C=C/C(=O)N2CCCC[C@@H]2C)c1.